The third kappa shape index (κ3) is 6.20. The molecule has 4 rings (SSSR count). The van der Waals surface area contributed by atoms with Gasteiger partial charge in [0.2, 0.25) is 0 Å². The third-order valence-corrected chi connectivity index (χ3v) is 6.35. The van der Waals surface area contributed by atoms with Crippen molar-refractivity contribution in [2.75, 3.05) is 67.7 Å². The zero-order chi connectivity index (χ0) is 25.7. The fourth-order valence-electron chi connectivity index (χ4n) is 4.18. The van der Waals surface area contributed by atoms with Crippen molar-refractivity contribution in [3.05, 3.63) is 65.3 Å². The van der Waals surface area contributed by atoms with Gasteiger partial charge in [-0.2, -0.15) is 13.2 Å². The number of hydrogen-bond acceptors (Lipinski definition) is 6. The van der Waals surface area contributed by atoms with Crippen molar-refractivity contribution in [2.45, 2.75) is 13.1 Å². The van der Waals surface area contributed by atoms with Crippen molar-refractivity contribution in [3.8, 4) is 11.3 Å². The van der Waals surface area contributed by atoms with Crippen molar-refractivity contribution in [3.63, 3.8) is 0 Å². The van der Waals surface area contributed by atoms with Gasteiger partial charge in [-0.05, 0) is 37.3 Å². The second-order valence-corrected chi connectivity index (χ2v) is 8.98. The molecule has 0 radical (unpaired) electrons. The number of nitrogens with zero attached hydrogens (tertiary/aromatic N) is 5. The summed E-state index contributed by atoms with van der Waals surface area (Å²) in [6, 6.07) is 13.9. The largest absolute Gasteiger partial charge is 0.419 e. The molecule has 1 aliphatic rings. The first-order valence-corrected chi connectivity index (χ1v) is 12.2. The van der Waals surface area contributed by atoms with Crippen LogP contribution < -0.4 is 14.7 Å². The summed E-state index contributed by atoms with van der Waals surface area (Å²) in [6.45, 7) is 5.80. The van der Waals surface area contributed by atoms with Crippen LogP contribution in [0.5, 0.6) is 0 Å². The normalized spacial score (nSPS) is 14.3. The Bertz CT molecular complexity index is 1170. The van der Waals surface area contributed by atoms with E-state index in [0.29, 0.717) is 51.0 Å². The summed E-state index contributed by atoms with van der Waals surface area (Å²) >= 11 is 6.23. The van der Waals surface area contributed by atoms with Crippen LogP contribution in [0.2, 0.25) is 5.02 Å². The Morgan fingerprint density at radius 3 is 2.47 bits per heavy atom. The summed E-state index contributed by atoms with van der Waals surface area (Å²) in [5.41, 5.74) is 1.92. The number of ether oxygens (including phenoxy) is 1. The zero-order valence-corrected chi connectivity index (χ0v) is 21.1. The van der Waals surface area contributed by atoms with Crippen molar-refractivity contribution in [1.29, 1.82) is 0 Å². The molecule has 1 saturated heterocycles. The summed E-state index contributed by atoms with van der Waals surface area (Å²) < 4.78 is 46.0. The Balaban J connectivity index is 1.59. The molecule has 192 valence electrons. The molecule has 36 heavy (non-hydrogen) atoms. The first-order valence-electron chi connectivity index (χ1n) is 11.8. The lowest BCUT2D eigenvalue weighted by molar-refractivity contribution is -0.137. The van der Waals surface area contributed by atoms with Gasteiger partial charge < -0.3 is 19.4 Å². The fraction of sp³-hybridized carbons (Fsp3) is 0.385. The van der Waals surface area contributed by atoms with Gasteiger partial charge in [0.05, 0.1) is 17.9 Å². The van der Waals surface area contributed by atoms with Crippen LogP contribution in [-0.4, -0.2) is 63.0 Å². The maximum atomic E-state index is 13.5. The first-order chi connectivity index (χ1) is 17.3. The number of likely N-dealkylation sites (N-methyl/N-ethyl adjacent to an activating group) is 1. The van der Waals surface area contributed by atoms with Gasteiger partial charge in [-0.25, -0.2) is 9.97 Å². The SMILES string of the molecule is CCOCCN(C)c1cc(N2CCN(c3ncccc3C(F)(F)F)CC2)cc(-c2cccc(Cl)c2)n1. The summed E-state index contributed by atoms with van der Waals surface area (Å²) in [5, 5.41) is 0.621. The molecule has 0 amide bonds. The Labute approximate surface area is 214 Å². The minimum Gasteiger partial charge on any atom is -0.380 e. The van der Waals surface area contributed by atoms with Gasteiger partial charge >= 0.3 is 6.18 Å². The van der Waals surface area contributed by atoms with E-state index in [-0.39, 0.29) is 5.82 Å². The van der Waals surface area contributed by atoms with Crippen LogP contribution in [0, 0.1) is 0 Å². The number of pyridine rings is 2. The van der Waals surface area contributed by atoms with E-state index in [1.807, 2.05) is 55.3 Å². The number of piperazine rings is 1. The van der Waals surface area contributed by atoms with Crippen LogP contribution in [0.1, 0.15) is 12.5 Å². The van der Waals surface area contributed by atoms with Crippen molar-refractivity contribution in [1.82, 2.24) is 9.97 Å². The van der Waals surface area contributed by atoms with E-state index in [4.69, 9.17) is 21.3 Å². The van der Waals surface area contributed by atoms with Crippen LogP contribution in [0.15, 0.2) is 54.7 Å². The number of benzene rings is 1. The minimum absolute atomic E-state index is 0.0182. The van der Waals surface area contributed by atoms with Gasteiger partial charge in [0.25, 0.3) is 0 Å². The molecule has 0 aliphatic carbocycles. The maximum Gasteiger partial charge on any atom is 0.419 e. The third-order valence-electron chi connectivity index (χ3n) is 6.12. The van der Waals surface area contributed by atoms with Gasteiger partial charge in [-0.1, -0.05) is 23.7 Å². The van der Waals surface area contributed by atoms with Crippen LogP contribution >= 0.6 is 11.6 Å². The van der Waals surface area contributed by atoms with Crippen LogP contribution in [0.25, 0.3) is 11.3 Å². The van der Waals surface area contributed by atoms with Crippen molar-refractivity contribution in [2.24, 2.45) is 0 Å². The van der Waals surface area contributed by atoms with Gasteiger partial charge in [0.15, 0.2) is 0 Å². The highest BCUT2D eigenvalue weighted by Gasteiger charge is 2.36. The van der Waals surface area contributed by atoms with Crippen LogP contribution in [-0.2, 0) is 10.9 Å². The Hall–Kier alpha value is -3.04. The zero-order valence-electron chi connectivity index (χ0n) is 20.3. The quantitative estimate of drug-likeness (QED) is 0.360. The number of aromatic nitrogens is 2. The number of anilines is 3. The summed E-state index contributed by atoms with van der Waals surface area (Å²) in [6.07, 6.45) is -3.04. The van der Waals surface area contributed by atoms with Crippen LogP contribution in [0.3, 0.4) is 0 Å². The van der Waals surface area contributed by atoms with Gasteiger partial charge in [-0.15, -0.1) is 0 Å². The number of rotatable bonds is 8. The highest BCUT2D eigenvalue weighted by molar-refractivity contribution is 6.30. The maximum absolute atomic E-state index is 13.5. The summed E-state index contributed by atoms with van der Waals surface area (Å²) in [4.78, 5) is 14.8. The molecule has 0 spiro atoms. The smallest absolute Gasteiger partial charge is 0.380 e. The molecule has 1 aliphatic heterocycles. The van der Waals surface area contributed by atoms with Crippen LogP contribution in [0.4, 0.5) is 30.5 Å². The molecule has 0 unspecified atom stereocenters. The predicted octanol–water partition coefficient (Wildman–Crippen LogP) is 5.62. The van der Waals surface area contributed by atoms with Gasteiger partial charge in [0.1, 0.15) is 11.6 Å². The van der Waals surface area contributed by atoms with E-state index in [1.165, 1.54) is 12.3 Å². The predicted molar refractivity (Wildman–Crippen MR) is 138 cm³/mol. The Morgan fingerprint density at radius 1 is 1.03 bits per heavy atom. The molecule has 0 N–H and O–H groups in total. The average molecular weight is 520 g/mol. The Kier molecular flexibility index (Phi) is 8.21. The summed E-state index contributed by atoms with van der Waals surface area (Å²) in [7, 11) is 1.96. The topological polar surface area (TPSA) is 44.7 Å². The molecule has 3 aromatic rings. The number of hydrogen-bond donors (Lipinski definition) is 0. The van der Waals surface area contributed by atoms with E-state index >= 15 is 0 Å². The highest BCUT2D eigenvalue weighted by Crippen LogP contribution is 2.36. The second-order valence-electron chi connectivity index (χ2n) is 8.54. The molecule has 10 heteroatoms. The molecular formula is C26H29ClF3N5O. The molecule has 6 nitrogen and oxygen atoms in total. The van der Waals surface area contributed by atoms with E-state index in [0.717, 1.165) is 28.8 Å². The monoisotopic (exact) mass is 519 g/mol. The molecule has 0 bridgehead atoms. The minimum atomic E-state index is -4.45. The highest BCUT2D eigenvalue weighted by atomic mass is 35.5. The van der Waals surface area contributed by atoms with E-state index < -0.39 is 11.7 Å². The average Bonchev–Trinajstić information content (AvgIpc) is 2.88. The van der Waals surface area contributed by atoms with Crippen molar-refractivity contribution >= 4 is 28.9 Å². The van der Waals surface area contributed by atoms with E-state index in [1.54, 1.807) is 4.90 Å². The number of alkyl halides is 3. The lowest BCUT2D eigenvalue weighted by Gasteiger charge is -2.38. The molecule has 0 saturated carbocycles. The molecular weight excluding hydrogens is 491 g/mol. The van der Waals surface area contributed by atoms with E-state index in [9.17, 15) is 13.2 Å². The summed E-state index contributed by atoms with van der Waals surface area (Å²) in [5.74, 6) is 0.768. The molecule has 3 heterocycles. The molecule has 2 aromatic heterocycles. The molecule has 1 fully saturated rings. The van der Waals surface area contributed by atoms with Gasteiger partial charge in [-0.3, -0.25) is 0 Å². The lowest BCUT2D eigenvalue weighted by atomic mass is 10.1. The first kappa shape index (κ1) is 26.0. The lowest BCUT2D eigenvalue weighted by Crippen LogP contribution is -2.47. The molecule has 0 atom stereocenters. The molecule has 1 aromatic carbocycles. The van der Waals surface area contributed by atoms with E-state index in [2.05, 4.69) is 9.88 Å². The Morgan fingerprint density at radius 2 is 1.78 bits per heavy atom. The number of halogens is 4. The second kappa shape index (κ2) is 11.3. The van der Waals surface area contributed by atoms with Crippen molar-refractivity contribution < 1.29 is 17.9 Å². The fourth-order valence-corrected chi connectivity index (χ4v) is 4.37. The standard InChI is InChI=1S/C26H29ClF3N5O/c1-3-36-15-14-33(2)24-18-21(17-23(32-24)19-6-4-7-20(27)16-19)34-10-12-35(13-11-34)25-22(26(28,29)30)8-5-9-31-25/h4-9,16-18H,3,10-15H2,1-2H3. The van der Waals surface area contributed by atoms with Gasteiger partial charge in [0, 0.05) is 74.9 Å².